The van der Waals surface area contributed by atoms with Gasteiger partial charge in [-0.3, -0.25) is 24.6 Å². The maximum absolute atomic E-state index is 13.1. The molecule has 1 saturated carbocycles. The van der Waals surface area contributed by atoms with E-state index >= 15 is 0 Å². The van der Waals surface area contributed by atoms with Gasteiger partial charge in [-0.1, -0.05) is 48.4 Å². The first kappa shape index (κ1) is 23.5. The molecule has 4 aliphatic rings. The lowest BCUT2D eigenvalue weighted by Crippen LogP contribution is -2.57. The number of carbonyl (C=O) groups is 3. The van der Waals surface area contributed by atoms with Crippen LogP contribution in [0.25, 0.3) is 0 Å². The summed E-state index contributed by atoms with van der Waals surface area (Å²) in [6.07, 6.45) is 5.02. The van der Waals surface area contributed by atoms with Crippen LogP contribution in [0.2, 0.25) is 5.02 Å². The maximum atomic E-state index is 13.1. The van der Waals surface area contributed by atoms with E-state index in [2.05, 4.69) is 40.5 Å². The standard InChI is InChI=1S/C28H30ClN3O4/c29-26-20-16-32(22-11-13-25(33)30-27(22)34)28(35)19(20)10-12-24(26)36-23-9-5-4-8-21(23)31-14-18(15-31)17-6-2-1-3-7-17/h1-3,6-7,10,12,18,21-23H,4-5,8-9,11,13-16H2,(H,30,33,34)/t21-,22-,23+/m1/s1. The van der Waals surface area contributed by atoms with E-state index in [1.807, 2.05) is 0 Å². The van der Waals surface area contributed by atoms with Crippen LogP contribution in [0.4, 0.5) is 0 Å². The molecular formula is C28H30ClN3O4. The molecule has 0 bridgehead atoms. The number of carbonyl (C=O) groups excluding carboxylic acids is 3. The van der Waals surface area contributed by atoms with E-state index in [0.29, 0.717) is 40.3 Å². The van der Waals surface area contributed by atoms with Gasteiger partial charge in [-0.05, 0) is 43.4 Å². The van der Waals surface area contributed by atoms with Gasteiger partial charge in [0.2, 0.25) is 11.8 Å². The Morgan fingerprint density at radius 2 is 1.72 bits per heavy atom. The quantitative estimate of drug-likeness (QED) is 0.621. The Labute approximate surface area is 215 Å². The number of piperidine rings is 1. The van der Waals surface area contributed by atoms with Crippen LogP contribution in [0.1, 0.15) is 65.9 Å². The molecule has 0 aromatic heterocycles. The van der Waals surface area contributed by atoms with Crippen LogP contribution in [-0.2, 0) is 16.1 Å². The minimum atomic E-state index is -0.658. The Morgan fingerprint density at radius 3 is 2.50 bits per heavy atom. The second-order valence-corrected chi connectivity index (χ2v) is 10.8. The minimum Gasteiger partial charge on any atom is -0.487 e. The highest BCUT2D eigenvalue weighted by Gasteiger charge is 2.42. The molecule has 0 unspecified atom stereocenters. The fourth-order valence-corrected chi connectivity index (χ4v) is 6.46. The summed E-state index contributed by atoms with van der Waals surface area (Å²) in [5.74, 6) is 0.227. The van der Waals surface area contributed by atoms with Gasteiger partial charge >= 0.3 is 0 Å². The second kappa shape index (κ2) is 9.52. The third-order valence-corrected chi connectivity index (χ3v) is 8.62. The van der Waals surface area contributed by atoms with Crippen molar-refractivity contribution in [3.8, 4) is 5.75 Å². The summed E-state index contributed by atoms with van der Waals surface area (Å²) in [6.45, 7) is 2.33. The topological polar surface area (TPSA) is 79.0 Å². The smallest absolute Gasteiger partial charge is 0.255 e. The zero-order chi connectivity index (χ0) is 24.8. The number of likely N-dealkylation sites (tertiary alicyclic amines) is 1. The van der Waals surface area contributed by atoms with Crippen molar-refractivity contribution in [2.75, 3.05) is 13.1 Å². The monoisotopic (exact) mass is 507 g/mol. The van der Waals surface area contributed by atoms with E-state index in [-0.39, 0.29) is 30.9 Å². The maximum Gasteiger partial charge on any atom is 0.255 e. The van der Waals surface area contributed by atoms with E-state index in [4.69, 9.17) is 16.3 Å². The summed E-state index contributed by atoms with van der Waals surface area (Å²) < 4.78 is 6.55. The summed E-state index contributed by atoms with van der Waals surface area (Å²) in [5, 5.41) is 2.79. The number of nitrogens with zero attached hydrogens (tertiary/aromatic N) is 2. The van der Waals surface area contributed by atoms with Crippen molar-refractivity contribution in [3.63, 3.8) is 0 Å². The summed E-state index contributed by atoms with van der Waals surface area (Å²) in [7, 11) is 0. The van der Waals surface area contributed by atoms with Gasteiger partial charge in [0.1, 0.15) is 17.9 Å². The molecule has 36 heavy (non-hydrogen) atoms. The Morgan fingerprint density at radius 1 is 0.944 bits per heavy atom. The molecule has 3 aliphatic heterocycles. The van der Waals surface area contributed by atoms with Gasteiger partial charge in [0.25, 0.3) is 5.91 Å². The number of ether oxygens (including phenoxy) is 1. The first-order valence-corrected chi connectivity index (χ1v) is 13.3. The second-order valence-electron chi connectivity index (χ2n) is 10.4. The molecule has 7 nitrogen and oxygen atoms in total. The van der Waals surface area contributed by atoms with Gasteiger partial charge in [-0.15, -0.1) is 0 Å². The molecule has 0 radical (unpaired) electrons. The van der Waals surface area contributed by atoms with Crippen molar-refractivity contribution >= 4 is 29.3 Å². The average Bonchev–Trinajstić information content (AvgIpc) is 3.18. The number of nitrogens with one attached hydrogen (secondary N) is 1. The lowest BCUT2D eigenvalue weighted by molar-refractivity contribution is -0.136. The molecule has 2 saturated heterocycles. The normalized spacial score (nSPS) is 27.0. The molecule has 6 rings (SSSR count). The van der Waals surface area contributed by atoms with E-state index in [9.17, 15) is 14.4 Å². The van der Waals surface area contributed by atoms with Gasteiger partial charge in [0.15, 0.2) is 0 Å². The predicted octanol–water partition coefficient (Wildman–Crippen LogP) is 3.89. The molecule has 8 heteroatoms. The molecule has 3 fully saturated rings. The Kier molecular flexibility index (Phi) is 6.21. The molecular weight excluding hydrogens is 478 g/mol. The molecule has 1 N–H and O–H groups in total. The third kappa shape index (κ3) is 4.18. The summed E-state index contributed by atoms with van der Waals surface area (Å²) >= 11 is 6.81. The highest BCUT2D eigenvalue weighted by atomic mass is 35.5. The first-order chi connectivity index (χ1) is 17.5. The van der Waals surface area contributed by atoms with Crippen molar-refractivity contribution < 1.29 is 19.1 Å². The van der Waals surface area contributed by atoms with E-state index in [1.54, 1.807) is 12.1 Å². The molecule has 1 aliphatic carbocycles. The SMILES string of the molecule is O=C1CC[C@@H](N2Cc3c(ccc(O[C@H]4CCCC[C@H]4N4CC(c5ccccc5)C4)c3Cl)C2=O)C(=O)N1. The summed E-state index contributed by atoms with van der Waals surface area (Å²) in [4.78, 5) is 41.0. The van der Waals surface area contributed by atoms with Gasteiger partial charge in [-0.2, -0.15) is 0 Å². The Balaban J connectivity index is 1.16. The Hall–Kier alpha value is -2.90. The highest BCUT2D eigenvalue weighted by Crippen LogP contribution is 2.40. The molecule has 2 aromatic carbocycles. The van der Waals surface area contributed by atoms with Crippen LogP contribution in [0.3, 0.4) is 0 Å². The number of imide groups is 1. The van der Waals surface area contributed by atoms with Crippen LogP contribution in [0.15, 0.2) is 42.5 Å². The average molecular weight is 508 g/mol. The van der Waals surface area contributed by atoms with E-state index < -0.39 is 11.9 Å². The van der Waals surface area contributed by atoms with Gasteiger partial charge in [-0.25, -0.2) is 0 Å². The number of hydrogen-bond acceptors (Lipinski definition) is 5. The minimum absolute atomic E-state index is 0.0503. The summed E-state index contributed by atoms with van der Waals surface area (Å²) in [6, 6.07) is 13.9. The van der Waals surface area contributed by atoms with Crippen LogP contribution in [0, 0.1) is 0 Å². The van der Waals surface area contributed by atoms with Crippen molar-refractivity contribution in [1.29, 1.82) is 0 Å². The highest BCUT2D eigenvalue weighted by molar-refractivity contribution is 6.33. The number of fused-ring (bicyclic) bond motifs is 1. The number of hydrogen-bond donors (Lipinski definition) is 1. The molecule has 3 amide bonds. The molecule has 188 valence electrons. The lowest BCUT2D eigenvalue weighted by Gasteiger charge is -2.48. The summed E-state index contributed by atoms with van der Waals surface area (Å²) in [5.41, 5.74) is 2.60. The first-order valence-electron chi connectivity index (χ1n) is 12.9. The number of benzene rings is 2. The van der Waals surface area contributed by atoms with Gasteiger partial charge in [0.05, 0.1) is 5.02 Å². The van der Waals surface area contributed by atoms with Crippen LogP contribution in [0.5, 0.6) is 5.75 Å². The zero-order valence-electron chi connectivity index (χ0n) is 20.1. The fraction of sp³-hybridized carbons (Fsp3) is 0.464. The van der Waals surface area contributed by atoms with E-state index in [1.165, 1.54) is 16.9 Å². The van der Waals surface area contributed by atoms with Crippen molar-refractivity contribution in [1.82, 2.24) is 15.1 Å². The third-order valence-electron chi connectivity index (χ3n) is 8.21. The number of amides is 3. The lowest BCUT2D eigenvalue weighted by atomic mass is 9.84. The predicted molar refractivity (Wildman–Crippen MR) is 135 cm³/mol. The van der Waals surface area contributed by atoms with Gasteiger partial charge in [0, 0.05) is 49.1 Å². The molecule has 3 heterocycles. The van der Waals surface area contributed by atoms with Crippen molar-refractivity contribution in [2.24, 2.45) is 0 Å². The van der Waals surface area contributed by atoms with E-state index in [0.717, 1.165) is 32.4 Å². The molecule has 2 aromatic rings. The Bertz CT molecular complexity index is 1200. The van der Waals surface area contributed by atoms with Gasteiger partial charge < -0.3 is 9.64 Å². The molecule has 3 atom stereocenters. The van der Waals surface area contributed by atoms with Crippen molar-refractivity contribution in [2.45, 2.75) is 69.2 Å². The van der Waals surface area contributed by atoms with Crippen LogP contribution < -0.4 is 10.1 Å². The van der Waals surface area contributed by atoms with Crippen LogP contribution in [-0.4, -0.2) is 58.8 Å². The number of rotatable bonds is 5. The largest absolute Gasteiger partial charge is 0.487 e. The fourth-order valence-electron chi connectivity index (χ4n) is 6.19. The zero-order valence-corrected chi connectivity index (χ0v) is 20.9. The van der Waals surface area contributed by atoms with Crippen LogP contribution >= 0.6 is 11.6 Å². The molecule has 0 spiro atoms. The number of halogens is 1. The van der Waals surface area contributed by atoms with Crippen molar-refractivity contribution in [3.05, 3.63) is 64.2 Å².